The lowest BCUT2D eigenvalue weighted by atomic mass is 10.2. The van der Waals surface area contributed by atoms with Gasteiger partial charge in [-0.15, -0.1) is 0 Å². The summed E-state index contributed by atoms with van der Waals surface area (Å²) in [6.45, 7) is 6.99. The van der Waals surface area contributed by atoms with Gasteiger partial charge in [0.05, 0.1) is 4.90 Å². The zero-order valence-electron chi connectivity index (χ0n) is 14.4. The normalized spacial score (nSPS) is 11.7. The molecule has 134 valence electrons. The molecular weight excluding hydrogens is 344 g/mol. The highest BCUT2D eigenvalue weighted by molar-refractivity contribution is 7.92. The maximum absolute atomic E-state index is 12.3. The quantitative estimate of drug-likeness (QED) is 0.863. The molecule has 1 aromatic heterocycles. The highest BCUT2D eigenvalue weighted by Gasteiger charge is 2.18. The molecule has 25 heavy (non-hydrogen) atoms. The molecule has 2 N–H and O–H groups in total. The molecule has 0 spiro atoms. The molecule has 1 aromatic carbocycles. The molecule has 0 atom stereocenters. The maximum Gasteiger partial charge on any atom is 0.412 e. The van der Waals surface area contributed by atoms with Crippen LogP contribution < -0.4 is 10.0 Å². The van der Waals surface area contributed by atoms with Gasteiger partial charge in [0.1, 0.15) is 5.60 Å². The van der Waals surface area contributed by atoms with Crippen molar-refractivity contribution in [3.63, 3.8) is 0 Å². The topological polar surface area (TPSA) is 110 Å². The van der Waals surface area contributed by atoms with Gasteiger partial charge in [0.2, 0.25) is 5.95 Å². The lowest BCUT2D eigenvalue weighted by Gasteiger charge is -2.19. The van der Waals surface area contributed by atoms with E-state index >= 15 is 0 Å². The van der Waals surface area contributed by atoms with Gasteiger partial charge in [-0.1, -0.05) is 0 Å². The maximum atomic E-state index is 12.3. The molecule has 0 saturated carbocycles. The second-order valence-electron chi connectivity index (χ2n) is 6.28. The summed E-state index contributed by atoms with van der Waals surface area (Å²) in [5.74, 6) is -0.00374. The second-order valence-corrected chi connectivity index (χ2v) is 7.96. The van der Waals surface area contributed by atoms with Crippen molar-refractivity contribution in [2.75, 3.05) is 10.0 Å². The third-order valence-electron chi connectivity index (χ3n) is 2.83. The first-order valence-electron chi connectivity index (χ1n) is 7.48. The standard InChI is InChI=1S/C16H20N4O4S/c1-11-9-10-17-14(18-11)20-25(22,23)13-7-5-12(6-8-13)19-15(21)24-16(2,3)4/h5-10H,1-4H3,(H,19,21)(H,17,18,20). The van der Waals surface area contributed by atoms with Crippen molar-refractivity contribution in [2.24, 2.45) is 0 Å². The molecule has 0 aliphatic heterocycles. The van der Waals surface area contributed by atoms with Crippen LogP contribution in [-0.4, -0.2) is 30.1 Å². The van der Waals surface area contributed by atoms with Crippen molar-refractivity contribution in [3.8, 4) is 0 Å². The number of nitrogens with one attached hydrogen (secondary N) is 2. The summed E-state index contributed by atoms with van der Waals surface area (Å²) in [6.07, 6.45) is 0.850. The van der Waals surface area contributed by atoms with Crippen LogP contribution in [0.25, 0.3) is 0 Å². The van der Waals surface area contributed by atoms with Gasteiger partial charge in [0.15, 0.2) is 0 Å². The average molecular weight is 364 g/mol. The van der Waals surface area contributed by atoms with Crippen LogP contribution in [0.3, 0.4) is 0 Å². The number of benzene rings is 1. The molecule has 0 aliphatic rings. The number of ether oxygens (including phenoxy) is 1. The predicted molar refractivity (Wildman–Crippen MR) is 93.9 cm³/mol. The summed E-state index contributed by atoms with van der Waals surface area (Å²) in [7, 11) is -3.82. The van der Waals surface area contributed by atoms with Crippen molar-refractivity contribution < 1.29 is 17.9 Å². The number of aromatic nitrogens is 2. The van der Waals surface area contributed by atoms with Crippen LogP contribution in [0.1, 0.15) is 26.5 Å². The molecule has 0 saturated heterocycles. The number of sulfonamides is 1. The van der Waals surface area contributed by atoms with Crippen LogP contribution in [0.2, 0.25) is 0 Å². The van der Waals surface area contributed by atoms with Crippen molar-refractivity contribution in [1.82, 2.24) is 9.97 Å². The first-order valence-corrected chi connectivity index (χ1v) is 8.96. The van der Waals surface area contributed by atoms with Gasteiger partial charge in [0, 0.05) is 17.6 Å². The van der Waals surface area contributed by atoms with Crippen LogP contribution in [0.15, 0.2) is 41.4 Å². The van der Waals surface area contributed by atoms with E-state index in [1.165, 1.54) is 30.5 Å². The summed E-state index contributed by atoms with van der Waals surface area (Å²) < 4.78 is 32.1. The molecule has 0 radical (unpaired) electrons. The molecule has 1 heterocycles. The highest BCUT2D eigenvalue weighted by atomic mass is 32.2. The summed E-state index contributed by atoms with van der Waals surface area (Å²) in [5, 5.41) is 2.53. The Labute approximate surface area is 146 Å². The Kier molecular flexibility index (Phi) is 5.27. The highest BCUT2D eigenvalue weighted by Crippen LogP contribution is 2.17. The molecule has 0 fully saturated rings. The Bertz CT molecular complexity index is 858. The second kappa shape index (κ2) is 7.06. The van der Waals surface area contributed by atoms with E-state index in [1.807, 2.05) is 0 Å². The van der Waals surface area contributed by atoms with E-state index in [2.05, 4.69) is 20.0 Å². The van der Waals surface area contributed by atoms with Gasteiger partial charge in [-0.25, -0.2) is 27.9 Å². The van der Waals surface area contributed by atoms with E-state index < -0.39 is 21.7 Å². The number of hydrogen-bond acceptors (Lipinski definition) is 6. The van der Waals surface area contributed by atoms with E-state index in [4.69, 9.17) is 4.74 Å². The number of carbonyl (C=O) groups is 1. The van der Waals surface area contributed by atoms with Gasteiger partial charge in [0.25, 0.3) is 10.0 Å². The molecule has 0 bridgehead atoms. The number of anilines is 2. The number of rotatable bonds is 4. The first kappa shape index (κ1) is 18.7. The Morgan fingerprint density at radius 3 is 2.32 bits per heavy atom. The third-order valence-corrected chi connectivity index (χ3v) is 4.17. The fourth-order valence-electron chi connectivity index (χ4n) is 1.82. The van der Waals surface area contributed by atoms with Crippen molar-refractivity contribution in [3.05, 3.63) is 42.2 Å². The van der Waals surface area contributed by atoms with Gasteiger partial charge >= 0.3 is 6.09 Å². The minimum absolute atomic E-state index is 0.00374. The van der Waals surface area contributed by atoms with Gasteiger partial charge in [-0.05, 0) is 58.0 Å². The average Bonchev–Trinajstić information content (AvgIpc) is 2.45. The molecule has 1 amide bonds. The number of carbonyl (C=O) groups excluding carboxylic acids is 1. The molecule has 2 rings (SSSR count). The number of amides is 1. The summed E-state index contributed by atoms with van der Waals surface area (Å²) in [4.78, 5) is 19.6. The zero-order valence-corrected chi connectivity index (χ0v) is 15.2. The fourth-order valence-corrected chi connectivity index (χ4v) is 2.77. The van der Waals surface area contributed by atoms with Crippen LogP contribution in [0, 0.1) is 6.92 Å². The SMILES string of the molecule is Cc1ccnc(NS(=O)(=O)c2ccc(NC(=O)OC(C)(C)C)cc2)n1. The minimum Gasteiger partial charge on any atom is -0.444 e. The Hall–Kier alpha value is -2.68. The monoisotopic (exact) mass is 364 g/mol. The van der Waals surface area contributed by atoms with Gasteiger partial charge in [-0.3, -0.25) is 5.32 Å². The van der Waals surface area contributed by atoms with E-state index in [1.54, 1.807) is 33.8 Å². The van der Waals surface area contributed by atoms with Crippen molar-refractivity contribution in [2.45, 2.75) is 38.2 Å². The molecule has 8 nitrogen and oxygen atoms in total. The van der Waals surface area contributed by atoms with E-state index in [0.29, 0.717) is 11.4 Å². The summed E-state index contributed by atoms with van der Waals surface area (Å²) in [6, 6.07) is 7.33. The molecule has 9 heteroatoms. The van der Waals surface area contributed by atoms with Crippen LogP contribution in [0.5, 0.6) is 0 Å². The predicted octanol–water partition coefficient (Wildman–Crippen LogP) is 2.93. The Morgan fingerprint density at radius 1 is 1.12 bits per heavy atom. The van der Waals surface area contributed by atoms with Crippen LogP contribution in [-0.2, 0) is 14.8 Å². The number of aryl methyl sites for hydroxylation is 1. The Balaban J connectivity index is 2.09. The van der Waals surface area contributed by atoms with Crippen LogP contribution >= 0.6 is 0 Å². The zero-order chi connectivity index (χ0) is 18.7. The largest absolute Gasteiger partial charge is 0.444 e. The summed E-state index contributed by atoms with van der Waals surface area (Å²) in [5.41, 5.74) is 0.440. The molecule has 0 aliphatic carbocycles. The van der Waals surface area contributed by atoms with Gasteiger partial charge in [-0.2, -0.15) is 0 Å². The van der Waals surface area contributed by atoms with Crippen molar-refractivity contribution in [1.29, 1.82) is 0 Å². The van der Waals surface area contributed by atoms with E-state index in [-0.39, 0.29) is 10.8 Å². The third kappa shape index (κ3) is 5.71. The van der Waals surface area contributed by atoms with Crippen molar-refractivity contribution >= 4 is 27.8 Å². The minimum atomic E-state index is -3.82. The lowest BCUT2D eigenvalue weighted by molar-refractivity contribution is 0.0636. The smallest absolute Gasteiger partial charge is 0.412 e. The van der Waals surface area contributed by atoms with E-state index in [0.717, 1.165) is 0 Å². The number of hydrogen-bond donors (Lipinski definition) is 2. The Morgan fingerprint density at radius 2 is 1.76 bits per heavy atom. The molecule has 0 unspecified atom stereocenters. The lowest BCUT2D eigenvalue weighted by Crippen LogP contribution is -2.27. The first-order chi connectivity index (χ1) is 11.5. The molecule has 2 aromatic rings. The fraction of sp³-hybridized carbons (Fsp3) is 0.312. The van der Waals surface area contributed by atoms with Gasteiger partial charge < -0.3 is 4.74 Å². The van der Waals surface area contributed by atoms with Crippen LogP contribution in [0.4, 0.5) is 16.4 Å². The van der Waals surface area contributed by atoms with E-state index in [9.17, 15) is 13.2 Å². The summed E-state index contributed by atoms with van der Waals surface area (Å²) >= 11 is 0. The number of nitrogens with zero attached hydrogens (tertiary/aromatic N) is 2. The molecular formula is C16H20N4O4S.